The summed E-state index contributed by atoms with van der Waals surface area (Å²) in [6.45, 7) is 0. The Balaban J connectivity index is 1.71. The number of hydrogen-bond acceptors (Lipinski definition) is 3. The highest BCUT2D eigenvalue weighted by molar-refractivity contribution is 5.97. The van der Waals surface area contributed by atoms with Gasteiger partial charge in [-0.1, -0.05) is 18.2 Å². The first-order valence-corrected chi connectivity index (χ1v) is 9.86. The lowest BCUT2D eigenvalue weighted by Crippen LogP contribution is -2.21. The lowest BCUT2D eigenvalue weighted by Gasteiger charge is -2.11. The minimum Gasteiger partial charge on any atom is -0.345 e. The molecule has 8 heteroatoms. The Morgan fingerprint density at radius 3 is 2.41 bits per heavy atom. The van der Waals surface area contributed by atoms with Crippen LogP contribution in [0.4, 0.5) is 24.7 Å². The molecule has 4 rings (SSSR count). The summed E-state index contributed by atoms with van der Waals surface area (Å²) < 4.78 is 41.1. The Morgan fingerprint density at radius 2 is 1.75 bits per heavy atom. The van der Waals surface area contributed by atoms with Gasteiger partial charge in [-0.05, 0) is 48.0 Å². The van der Waals surface area contributed by atoms with Gasteiger partial charge in [0.2, 0.25) is 0 Å². The standard InChI is InChI=1S/C24H21F3N4O/c1-30(2)23(32)16-9-7-15(8-10-16)21-14-19-20(31(21)3)11-12-28-22(19)29-18-6-4-5-17(13-18)24(25,26)27/h4-14H,1-3H3,(H,28,29). The topological polar surface area (TPSA) is 50.2 Å². The van der Waals surface area contributed by atoms with Crippen molar-refractivity contribution in [3.05, 3.63) is 78.0 Å². The second-order valence-electron chi connectivity index (χ2n) is 7.66. The van der Waals surface area contributed by atoms with Gasteiger partial charge in [-0.25, -0.2) is 4.98 Å². The summed E-state index contributed by atoms with van der Waals surface area (Å²) in [4.78, 5) is 18.0. The zero-order valence-corrected chi connectivity index (χ0v) is 17.7. The van der Waals surface area contributed by atoms with Crippen molar-refractivity contribution in [1.82, 2.24) is 14.5 Å². The normalized spacial score (nSPS) is 11.6. The summed E-state index contributed by atoms with van der Waals surface area (Å²) in [5.41, 5.74) is 2.84. The van der Waals surface area contributed by atoms with Crippen LogP contribution in [0.25, 0.3) is 22.2 Å². The fourth-order valence-corrected chi connectivity index (χ4v) is 3.59. The zero-order chi connectivity index (χ0) is 23.0. The van der Waals surface area contributed by atoms with Gasteiger partial charge in [-0.2, -0.15) is 13.2 Å². The van der Waals surface area contributed by atoms with Crippen molar-refractivity contribution in [3.63, 3.8) is 0 Å². The number of amides is 1. The van der Waals surface area contributed by atoms with E-state index < -0.39 is 11.7 Å². The van der Waals surface area contributed by atoms with Crippen LogP contribution in [0.5, 0.6) is 0 Å². The molecule has 1 N–H and O–H groups in total. The number of benzene rings is 2. The number of aryl methyl sites for hydroxylation is 1. The van der Waals surface area contributed by atoms with Crippen molar-refractivity contribution in [2.75, 3.05) is 19.4 Å². The molecular formula is C24H21F3N4O. The van der Waals surface area contributed by atoms with Gasteiger partial charge in [0.1, 0.15) is 5.82 Å². The largest absolute Gasteiger partial charge is 0.416 e. The highest BCUT2D eigenvalue weighted by atomic mass is 19.4. The predicted octanol–water partition coefficient (Wildman–Crippen LogP) is 5.70. The SMILES string of the molecule is CN(C)C(=O)c1ccc(-c2cc3c(Nc4cccc(C(F)(F)F)c4)nccc3n2C)cc1. The number of carbonyl (C=O) groups is 1. The molecule has 32 heavy (non-hydrogen) atoms. The zero-order valence-electron chi connectivity index (χ0n) is 17.7. The second kappa shape index (κ2) is 8.03. The minimum absolute atomic E-state index is 0.0784. The molecule has 2 aromatic carbocycles. The van der Waals surface area contributed by atoms with Crippen molar-refractivity contribution in [2.45, 2.75) is 6.18 Å². The number of nitrogens with one attached hydrogen (secondary N) is 1. The molecule has 2 heterocycles. The molecule has 2 aromatic heterocycles. The van der Waals surface area contributed by atoms with E-state index in [2.05, 4.69) is 10.3 Å². The van der Waals surface area contributed by atoms with E-state index >= 15 is 0 Å². The number of fused-ring (bicyclic) bond motifs is 1. The summed E-state index contributed by atoms with van der Waals surface area (Å²) in [7, 11) is 5.31. The first-order chi connectivity index (χ1) is 15.1. The lowest BCUT2D eigenvalue weighted by atomic mass is 10.1. The number of carbonyl (C=O) groups excluding carboxylic acids is 1. The maximum Gasteiger partial charge on any atom is 0.416 e. The Kier molecular flexibility index (Phi) is 5.38. The molecule has 0 aliphatic carbocycles. The second-order valence-corrected chi connectivity index (χ2v) is 7.66. The van der Waals surface area contributed by atoms with Gasteiger partial charge in [0.05, 0.1) is 11.1 Å². The Bertz CT molecular complexity index is 1290. The molecule has 0 unspecified atom stereocenters. The minimum atomic E-state index is -4.42. The van der Waals surface area contributed by atoms with E-state index in [0.717, 1.165) is 34.3 Å². The van der Waals surface area contributed by atoms with E-state index in [1.165, 1.54) is 11.0 Å². The highest BCUT2D eigenvalue weighted by Gasteiger charge is 2.30. The van der Waals surface area contributed by atoms with Gasteiger partial charge >= 0.3 is 6.18 Å². The molecule has 0 aliphatic rings. The van der Waals surface area contributed by atoms with Gasteiger partial charge in [-0.3, -0.25) is 4.79 Å². The smallest absolute Gasteiger partial charge is 0.345 e. The molecule has 164 valence electrons. The van der Waals surface area contributed by atoms with Crippen LogP contribution >= 0.6 is 0 Å². The number of rotatable bonds is 4. The fraction of sp³-hybridized carbons (Fsp3) is 0.167. The van der Waals surface area contributed by atoms with E-state index in [-0.39, 0.29) is 5.91 Å². The Morgan fingerprint density at radius 1 is 1.03 bits per heavy atom. The fourth-order valence-electron chi connectivity index (χ4n) is 3.59. The van der Waals surface area contributed by atoms with E-state index in [4.69, 9.17) is 0 Å². The Hall–Kier alpha value is -3.81. The molecule has 0 atom stereocenters. The summed E-state index contributed by atoms with van der Waals surface area (Å²) in [6.07, 6.45) is -2.81. The van der Waals surface area contributed by atoms with Crippen molar-refractivity contribution in [2.24, 2.45) is 7.05 Å². The molecule has 0 fully saturated rings. The third-order valence-electron chi connectivity index (χ3n) is 5.26. The van der Waals surface area contributed by atoms with Gasteiger partial charge in [0, 0.05) is 49.7 Å². The van der Waals surface area contributed by atoms with E-state index in [1.807, 2.05) is 35.9 Å². The quantitative estimate of drug-likeness (QED) is 0.444. The van der Waals surface area contributed by atoms with Crippen molar-refractivity contribution in [1.29, 1.82) is 0 Å². The number of alkyl halides is 3. The molecule has 0 saturated carbocycles. The number of hydrogen-bond donors (Lipinski definition) is 1. The van der Waals surface area contributed by atoms with Crippen LogP contribution in [0.3, 0.4) is 0 Å². The molecule has 1 amide bonds. The van der Waals surface area contributed by atoms with Gasteiger partial charge < -0.3 is 14.8 Å². The number of nitrogens with zero attached hydrogens (tertiary/aromatic N) is 3. The number of aromatic nitrogens is 2. The maximum atomic E-state index is 13.1. The monoisotopic (exact) mass is 438 g/mol. The van der Waals surface area contributed by atoms with E-state index in [9.17, 15) is 18.0 Å². The van der Waals surface area contributed by atoms with Gasteiger partial charge in [-0.15, -0.1) is 0 Å². The summed E-state index contributed by atoms with van der Waals surface area (Å²) >= 11 is 0. The molecule has 5 nitrogen and oxygen atoms in total. The third-order valence-corrected chi connectivity index (χ3v) is 5.26. The number of pyridine rings is 1. The third kappa shape index (κ3) is 4.03. The maximum absolute atomic E-state index is 13.1. The van der Waals surface area contributed by atoms with Crippen LogP contribution < -0.4 is 5.32 Å². The van der Waals surface area contributed by atoms with E-state index in [0.29, 0.717) is 17.1 Å². The predicted molar refractivity (Wildman–Crippen MR) is 119 cm³/mol. The molecule has 0 bridgehead atoms. The van der Waals surface area contributed by atoms with Crippen LogP contribution in [0.1, 0.15) is 15.9 Å². The molecule has 0 spiro atoms. The van der Waals surface area contributed by atoms with E-state index in [1.54, 1.807) is 38.5 Å². The molecule has 0 radical (unpaired) electrons. The van der Waals surface area contributed by atoms with Gasteiger partial charge in [0.15, 0.2) is 0 Å². The average Bonchev–Trinajstić information content (AvgIpc) is 3.10. The first-order valence-electron chi connectivity index (χ1n) is 9.86. The number of halogens is 3. The lowest BCUT2D eigenvalue weighted by molar-refractivity contribution is -0.137. The van der Waals surface area contributed by atoms with Crippen LogP contribution in [-0.2, 0) is 13.2 Å². The van der Waals surface area contributed by atoms with Crippen LogP contribution in [0.2, 0.25) is 0 Å². The summed E-state index contributed by atoms with van der Waals surface area (Å²) in [5, 5.41) is 3.79. The molecule has 0 saturated heterocycles. The molecule has 4 aromatic rings. The van der Waals surface area contributed by atoms with Crippen molar-refractivity contribution in [3.8, 4) is 11.3 Å². The van der Waals surface area contributed by atoms with Crippen LogP contribution in [-0.4, -0.2) is 34.5 Å². The number of anilines is 2. The van der Waals surface area contributed by atoms with Crippen LogP contribution in [0, 0.1) is 0 Å². The van der Waals surface area contributed by atoms with Crippen molar-refractivity contribution >= 4 is 28.3 Å². The molecular weight excluding hydrogens is 417 g/mol. The van der Waals surface area contributed by atoms with Crippen LogP contribution in [0.15, 0.2) is 66.9 Å². The average molecular weight is 438 g/mol. The first kappa shape index (κ1) is 21.4. The molecule has 0 aliphatic heterocycles. The summed E-state index contributed by atoms with van der Waals surface area (Å²) in [5.74, 6) is 0.383. The summed E-state index contributed by atoms with van der Waals surface area (Å²) in [6, 6.07) is 16.1. The van der Waals surface area contributed by atoms with Crippen molar-refractivity contribution < 1.29 is 18.0 Å². The Labute approximate surface area is 183 Å². The highest BCUT2D eigenvalue weighted by Crippen LogP contribution is 2.34. The van der Waals surface area contributed by atoms with Gasteiger partial charge in [0.25, 0.3) is 5.91 Å².